The van der Waals surface area contributed by atoms with E-state index in [1.807, 2.05) is 0 Å². The van der Waals surface area contributed by atoms with Crippen LogP contribution in [0.25, 0.3) is 0 Å². The first-order chi connectivity index (χ1) is 14.0. The summed E-state index contributed by atoms with van der Waals surface area (Å²) < 4.78 is 11.8. The van der Waals surface area contributed by atoms with Gasteiger partial charge >= 0.3 is 0 Å². The molecule has 0 N–H and O–H groups in total. The van der Waals surface area contributed by atoms with E-state index in [-0.39, 0.29) is 22.2 Å². The molecular weight excluding hydrogens is 372 g/mol. The summed E-state index contributed by atoms with van der Waals surface area (Å²) in [5, 5.41) is 0. The van der Waals surface area contributed by atoms with Crippen LogP contribution in [0, 0.1) is 16.7 Å². The smallest absolute Gasteiger partial charge is 0.147 e. The molecule has 168 valence electrons. The van der Waals surface area contributed by atoms with Gasteiger partial charge in [-0.05, 0) is 53.7 Å². The largest absolute Gasteiger partial charge is 0.496 e. The summed E-state index contributed by atoms with van der Waals surface area (Å²) in [7, 11) is 3.45. The molecular formula is C27H42O3. The Morgan fingerprint density at radius 1 is 1.03 bits per heavy atom. The van der Waals surface area contributed by atoms with E-state index >= 15 is 0 Å². The molecule has 0 amide bonds. The van der Waals surface area contributed by atoms with Crippen molar-refractivity contribution in [2.24, 2.45) is 16.7 Å². The Bertz CT molecular complexity index is 766. The molecule has 2 saturated carbocycles. The van der Waals surface area contributed by atoms with Crippen LogP contribution in [-0.4, -0.2) is 20.0 Å². The number of methoxy groups -OCH3 is 2. The fraction of sp³-hybridized carbons (Fsp3) is 0.741. The van der Waals surface area contributed by atoms with Crippen LogP contribution < -0.4 is 9.47 Å². The summed E-state index contributed by atoms with van der Waals surface area (Å²) in [6.45, 7) is 13.6. The number of Topliss-reactive ketones (excluding diaryl/α,β-unsaturated/α-hetero) is 1. The van der Waals surface area contributed by atoms with E-state index in [1.54, 1.807) is 14.2 Å². The van der Waals surface area contributed by atoms with Gasteiger partial charge in [0.05, 0.1) is 20.1 Å². The second-order valence-electron chi connectivity index (χ2n) is 11.0. The van der Waals surface area contributed by atoms with Gasteiger partial charge in [0.25, 0.3) is 0 Å². The number of ether oxygens (including phenoxy) is 2. The topological polar surface area (TPSA) is 35.5 Å². The number of carbonyl (C=O) groups excluding carboxylic acids is 1. The van der Waals surface area contributed by atoms with Crippen LogP contribution in [0.2, 0.25) is 0 Å². The zero-order chi connectivity index (χ0) is 22.3. The molecule has 1 aromatic rings. The predicted molar refractivity (Wildman–Crippen MR) is 124 cm³/mol. The summed E-state index contributed by atoms with van der Waals surface area (Å²) in [6.07, 6.45) is 8.27. The van der Waals surface area contributed by atoms with Crippen LogP contribution in [0.5, 0.6) is 11.5 Å². The number of carbonyl (C=O) groups is 1. The van der Waals surface area contributed by atoms with Gasteiger partial charge in [0.1, 0.15) is 17.3 Å². The van der Waals surface area contributed by atoms with Gasteiger partial charge in [-0.1, -0.05) is 67.2 Å². The van der Waals surface area contributed by atoms with E-state index in [9.17, 15) is 4.79 Å². The van der Waals surface area contributed by atoms with Crippen LogP contribution in [0.3, 0.4) is 0 Å². The number of rotatable bonds is 9. The zero-order valence-corrected chi connectivity index (χ0v) is 20.5. The first-order valence-electron chi connectivity index (χ1n) is 11.9. The van der Waals surface area contributed by atoms with E-state index in [0.717, 1.165) is 36.3 Å². The SMILES string of the molecule is CCCCCCC(C)(C)c1cc(OC)c(C2C(=O)C3(C)CCC2C3(C)C)c(OC)c1. The Morgan fingerprint density at radius 3 is 2.10 bits per heavy atom. The Labute approximate surface area is 183 Å². The van der Waals surface area contributed by atoms with Crippen molar-refractivity contribution in [2.45, 2.75) is 97.8 Å². The summed E-state index contributed by atoms with van der Waals surface area (Å²) in [4.78, 5) is 13.6. The molecule has 3 atom stereocenters. The first kappa shape index (κ1) is 23.2. The third-order valence-corrected chi connectivity index (χ3v) is 8.82. The minimum Gasteiger partial charge on any atom is -0.496 e. The van der Waals surface area contributed by atoms with Crippen LogP contribution in [0.1, 0.15) is 104 Å². The molecule has 2 aliphatic carbocycles. The van der Waals surface area contributed by atoms with E-state index in [2.05, 4.69) is 53.7 Å². The average molecular weight is 415 g/mol. The minimum atomic E-state index is -0.254. The fourth-order valence-corrected chi connectivity index (χ4v) is 6.19. The molecule has 2 fully saturated rings. The first-order valence-corrected chi connectivity index (χ1v) is 11.9. The summed E-state index contributed by atoms with van der Waals surface area (Å²) in [5.74, 6) is 2.20. The predicted octanol–water partition coefficient (Wildman–Crippen LogP) is 7.06. The Hall–Kier alpha value is -1.51. The molecule has 2 bridgehead atoms. The third kappa shape index (κ3) is 3.46. The van der Waals surface area contributed by atoms with E-state index < -0.39 is 0 Å². The fourth-order valence-electron chi connectivity index (χ4n) is 6.19. The molecule has 0 aliphatic heterocycles. The highest BCUT2D eigenvalue weighted by Gasteiger charge is 2.67. The molecule has 0 saturated heterocycles. The van der Waals surface area contributed by atoms with Gasteiger partial charge in [-0.15, -0.1) is 0 Å². The molecule has 0 radical (unpaired) electrons. The summed E-state index contributed by atoms with van der Waals surface area (Å²) in [5.41, 5.74) is 1.99. The van der Waals surface area contributed by atoms with E-state index in [1.165, 1.54) is 31.2 Å². The maximum absolute atomic E-state index is 13.6. The summed E-state index contributed by atoms with van der Waals surface area (Å²) in [6, 6.07) is 4.35. The Morgan fingerprint density at radius 2 is 1.63 bits per heavy atom. The van der Waals surface area contributed by atoms with Crippen molar-refractivity contribution in [2.75, 3.05) is 14.2 Å². The Balaban J connectivity index is 2.01. The van der Waals surface area contributed by atoms with E-state index in [0.29, 0.717) is 11.7 Å². The highest BCUT2D eigenvalue weighted by Crippen LogP contribution is 2.69. The van der Waals surface area contributed by atoms with Gasteiger partial charge in [0, 0.05) is 11.0 Å². The lowest BCUT2D eigenvalue weighted by Gasteiger charge is -2.32. The lowest BCUT2D eigenvalue weighted by atomic mass is 9.70. The highest BCUT2D eigenvalue weighted by atomic mass is 16.5. The molecule has 2 aliphatic rings. The van der Waals surface area contributed by atoms with Crippen LogP contribution >= 0.6 is 0 Å². The maximum atomic E-state index is 13.6. The van der Waals surface area contributed by atoms with E-state index in [4.69, 9.17) is 9.47 Å². The monoisotopic (exact) mass is 414 g/mol. The summed E-state index contributed by atoms with van der Waals surface area (Å²) >= 11 is 0. The van der Waals surface area contributed by atoms with Crippen molar-refractivity contribution in [1.82, 2.24) is 0 Å². The average Bonchev–Trinajstić information content (AvgIpc) is 3.02. The number of hydrogen-bond donors (Lipinski definition) is 0. The maximum Gasteiger partial charge on any atom is 0.147 e. The van der Waals surface area contributed by atoms with Gasteiger partial charge in [-0.2, -0.15) is 0 Å². The molecule has 1 aromatic carbocycles. The standard InChI is InChI=1S/C27H42O3/c1-9-10-11-12-14-25(2,3)18-16-20(29-7)23(21(17-18)30-8)22-19-13-15-27(6,24(22)28)26(19,4)5/h16-17,19,22H,9-15H2,1-8H3. The minimum absolute atomic E-state index is 0.00198. The molecule has 0 aromatic heterocycles. The van der Waals surface area contributed by atoms with Crippen molar-refractivity contribution in [3.8, 4) is 11.5 Å². The molecule has 0 spiro atoms. The molecule has 3 heteroatoms. The van der Waals surface area contributed by atoms with Crippen LogP contribution in [0.4, 0.5) is 0 Å². The Kier molecular flexibility index (Phi) is 6.33. The normalized spacial score (nSPS) is 27.5. The number of hydrogen-bond acceptors (Lipinski definition) is 3. The van der Waals surface area contributed by atoms with Crippen LogP contribution in [-0.2, 0) is 10.2 Å². The van der Waals surface area contributed by atoms with Crippen molar-refractivity contribution >= 4 is 5.78 Å². The number of ketones is 1. The van der Waals surface area contributed by atoms with Crippen molar-refractivity contribution in [3.63, 3.8) is 0 Å². The molecule has 3 nitrogen and oxygen atoms in total. The lowest BCUT2D eigenvalue weighted by Crippen LogP contribution is -2.33. The second kappa shape index (κ2) is 8.20. The highest BCUT2D eigenvalue weighted by molar-refractivity contribution is 5.96. The lowest BCUT2D eigenvalue weighted by molar-refractivity contribution is -0.129. The van der Waals surface area contributed by atoms with Gasteiger partial charge in [0.15, 0.2) is 0 Å². The number of benzene rings is 1. The third-order valence-electron chi connectivity index (χ3n) is 8.82. The number of fused-ring (bicyclic) bond motifs is 2. The van der Waals surface area contributed by atoms with Gasteiger partial charge in [0.2, 0.25) is 0 Å². The van der Waals surface area contributed by atoms with Gasteiger partial charge < -0.3 is 9.47 Å². The van der Waals surface area contributed by atoms with Gasteiger partial charge in [-0.3, -0.25) is 4.79 Å². The number of unbranched alkanes of at least 4 members (excludes halogenated alkanes) is 3. The van der Waals surface area contributed by atoms with Crippen LogP contribution in [0.15, 0.2) is 12.1 Å². The van der Waals surface area contributed by atoms with Gasteiger partial charge in [-0.25, -0.2) is 0 Å². The molecule has 0 heterocycles. The van der Waals surface area contributed by atoms with Crippen molar-refractivity contribution in [1.29, 1.82) is 0 Å². The molecule has 3 unspecified atom stereocenters. The van der Waals surface area contributed by atoms with Crippen molar-refractivity contribution in [3.05, 3.63) is 23.3 Å². The van der Waals surface area contributed by atoms with Crippen molar-refractivity contribution < 1.29 is 14.3 Å². The second-order valence-corrected chi connectivity index (χ2v) is 11.0. The molecule has 3 rings (SSSR count). The molecule has 30 heavy (non-hydrogen) atoms. The zero-order valence-electron chi connectivity index (χ0n) is 20.5. The quantitative estimate of drug-likeness (QED) is 0.406.